The molecule has 0 radical (unpaired) electrons. The molecule has 0 aliphatic carbocycles. The summed E-state index contributed by atoms with van der Waals surface area (Å²) in [5.41, 5.74) is 0. The van der Waals surface area contributed by atoms with Crippen LogP contribution in [0.1, 0.15) is 18.2 Å². The Balaban J connectivity index is 2.02. The van der Waals surface area contributed by atoms with E-state index in [4.69, 9.17) is 0 Å². The van der Waals surface area contributed by atoms with Gasteiger partial charge in [-0.05, 0) is 24.8 Å². The molecule has 0 aromatic carbocycles. The van der Waals surface area contributed by atoms with Gasteiger partial charge in [0.15, 0.2) is 0 Å². The van der Waals surface area contributed by atoms with Crippen molar-refractivity contribution < 1.29 is 8.42 Å². The molecule has 7 heteroatoms. The lowest BCUT2D eigenvalue weighted by molar-refractivity contribution is 0.563. The Kier molecular flexibility index (Phi) is 5.08. The van der Waals surface area contributed by atoms with Crippen LogP contribution >= 0.6 is 23.1 Å². The first-order chi connectivity index (χ1) is 8.62. The second kappa shape index (κ2) is 6.38. The van der Waals surface area contributed by atoms with Crippen molar-refractivity contribution in [3.63, 3.8) is 0 Å². The van der Waals surface area contributed by atoms with Crippen LogP contribution in [0.5, 0.6) is 0 Å². The summed E-state index contributed by atoms with van der Waals surface area (Å²) in [5, 5.41) is 4.91. The van der Waals surface area contributed by atoms with Gasteiger partial charge in [0.2, 0.25) is 10.0 Å². The average Bonchev–Trinajstić information content (AvgIpc) is 2.96. The van der Waals surface area contributed by atoms with Gasteiger partial charge in [0.05, 0.1) is 4.90 Å². The van der Waals surface area contributed by atoms with Crippen molar-refractivity contribution in [3.8, 4) is 0 Å². The number of nitrogens with one attached hydrogen (secondary N) is 2. The molecule has 0 bridgehead atoms. The fourth-order valence-corrected chi connectivity index (χ4v) is 5.53. The quantitative estimate of drug-likeness (QED) is 0.839. The van der Waals surface area contributed by atoms with Crippen LogP contribution in [0.2, 0.25) is 0 Å². The molecule has 102 valence electrons. The predicted octanol–water partition coefficient (Wildman–Crippen LogP) is 1.64. The van der Waals surface area contributed by atoms with E-state index in [1.54, 1.807) is 23.2 Å². The molecule has 1 saturated heterocycles. The maximum absolute atomic E-state index is 12.1. The first kappa shape index (κ1) is 14.3. The van der Waals surface area contributed by atoms with E-state index in [-0.39, 0.29) is 6.04 Å². The van der Waals surface area contributed by atoms with Crippen molar-refractivity contribution in [1.82, 2.24) is 10.0 Å². The number of thioether (sulfide) groups is 1. The molecular formula is C11H18N2O2S3. The van der Waals surface area contributed by atoms with Crippen molar-refractivity contribution in [2.75, 3.05) is 18.1 Å². The van der Waals surface area contributed by atoms with Crippen molar-refractivity contribution >= 4 is 33.1 Å². The number of rotatable bonds is 6. The molecule has 0 saturated carbocycles. The van der Waals surface area contributed by atoms with E-state index in [1.807, 2.05) is 6.92 Å². The third-order valence-corrected chi connectivity index (χ3v) is 6.49. The van der Waals surface area contributed by atoms with E-state index in [0.29, 0.717) is 4.90 Å². The summed E-state index contributed by atoms with van der Waals surface area (Å²) < 4.78 is 27.1. The van der Waals surface area contributed by atoms with Crippen LogP contribution in [0.3, 0.4) is 0 Å². The normalized spacial score (nSPS) is 20.4. The van der Waals surface area contributed by atoms with Gasteiger partial charge in [0.1, 0.15) is 0 Å². The molecule has 2 N–H and O–H groups in total. The fourth-order valence-electron chi connectivity index (χ4n) is 1.76. The average molecular weight is 306 g/mol. The van der Waals surface area contributed by atoms with Crippen molar-refractivity contribution in [1.29, 1.82) is 0 Å². The van der Waals surface area contributed by atoms with Crippen LogP contribution in [-0.4, -0.2) is 32.5 Å². The van der Waals surface area contributed by atoms with Gasteiger partial charge in [0, 0.05) is 28.6 Å². The zero-order chi connectivity index (χ0) is 13.0. The second-order valence-electron chi connectivity index (χ2n) is 4.21. The molecular weight excluding hydrogens is 288 g/mol. The maximum Gasteiger partial charge on any atom is 0.241 e. The number of hydrogen-bond acceptors (Lipinski definition) is 5. The lowest BCUT2D eigenvalue weighted by Crippen LogP contribution is -2.34. The first-order valence-electron chi connectivity index (χ1n) is 6.00. The molecule has 1 aromatic rings. The molecule has 1 unspecified atom stereocenters. The van der Waals surface area contributed by atoms with E-state index in [2.05, 4.69) is 10.0 Å². The highest BCUT2D eigenvalue weighted by atomic mass is 32.2. The van der Waals surface area contributed by atoms with Gasteiger partial charge >= 0.3 is 0 Å². The van der Waals surface area contributed by atoms with Gasteiger partial charge in [0.25, 0.3) is 0 Å². The van der Waals surface area contributed by atoms with Gasteiger partial charge in [-0.15, -0.1) is 11.3 Å². The summed E-state index contributed by atoms with van der Waals surface area (Å²) in [4.78, 5) is 1.45. The van der Waals surface area contributed by atoms with Crippen LogP contribution < -0.4 is 10.0 Å². The summed E-state index contributed by atoms with van der Waals surface area (Å²) >= 11 is 3.29. The topological polar surface area (TPSA) is 58.2 Å². The maximum atomic E-state index is 12.1. The molecule has 18 heavy (non-hydrogen) atoms. The van der Waals surface area contributed by atoms with E-state index in [0.717, 1.165) is 35.9 Å². The molecule has 1 aliphatic heterocycles. The van der Waals surface area contributed by atoms with E-state index < -0.39 is 10.0 Å². The van der Waals surface area contributed by atoms with Crippen LogP contribution in [0.4, 0.5) is 0 Å². The van der Waals surface area contributed by atoms with Crippen LogP contribution in [0.15, 0.2) is 16.3 Å². The molecule has 4 nitrogen and oxygen atoms in total. The first-order valence-corrected chi connectivity index (χ1v) is 9.52. The van der Waals surface area contributed by atoms with Crippen LogP contribution in [-0.2, 0) is 16.6 Å². The summed E-state index contributed by atoms with van der Waals surface area (Å²) in [6.07, 6.45) is 0.929. The highest BCUT2D eigenvalue weighted by molar-refractivity contribution is 7.99. The molecule has 1 aliphatic rings. The SMILES string of the molecule is CCNCc1cc(S(=O)(=O)NC2CCSC2)cs1. The Hall–Kier alpha value is -0.0800. The minimum absolute atomic E-state index is 0.0946. The molecule has 2 heterocycles. The van der Waals surface area contributed by atoms with Crippen LogP contribution in [0, 0.1) is 0 Å². The Morgan fingerprint density at radius 1 is 1.50 bits per heavy atom. The van der Waals surface area contributed by atoms with E-state index >= 15 is 0 Å². The predicted molar refractivity (Wildman–Crippen MR) is 77.8 cm³/mol. The molecule has 0 spiro atoms. The Morgan fingerprint density at radius 3 is 3.00 bits per heavy atom. The summed E-state index contributed by atoms with van der Waals surface area (Å²) in [5.74, 6) is 1.93. The molecule has 1 atom stereocenters. The van der Waals surface area contributed by atoms with Gasteiger partial charge < -0.3 is 5.32 Å². The number of hydrogen-bond donors (Lipinski definition) is 2. The Labute approximate surface area is 117 Å². The molecule has 1 aromatic heterocycles. The van der Waals surface area contributed by atoms with Gasteiger partial charge in [-0.25, -0.2) is 13.1 Å². The van der Waals surface area contributed by atoms with Gasteiger partial charge in [-0.2, -0.15) is 11.8 Å². The lowest BCUT2D eigenvalue weighted by Gasteiger charge is -2.10. The minimum atomic E-state index is -3.33. The second-order valence-corrected chi connectivity index (χ2v) is 8.07. The van der Waals surface area contributed by atoms with Crippen molar-refractivity contribution in [3.05, 3.63) is 16.3 Å². The smallest absolute Gasteiger partial charge is 0.241 e. The standard InChI is InChI=1S/C11H18N2O2S3/c1-2-12-6-10-5-11(8-17-10)18(14,15)13-9-3-4-16-7-9/h5,8-9,12-13H,2-4,6-7H2,1H3. The van der Waals surface area contributed by atoms with Crippen molar-refractivity contribution in [2.24, 2.45) is 0 Å². The zero-order valence-electron chi connectivity index (χ0n) is 10.3. The summed E-state index contributed by atoms with van der Waals surface area (Å²) in [7, 11) is -3.33. The summed E-state index contributed by atoms with van der Waals surface area (Å²) in [6.45, 7) is 3.65. The lowest BCUT2D eigenvalue weighted by atomic mass is 10.3. The van der Waals surface area contributed by atoms with Crippen LogP contribution in [0.25, 0.3) is 0 Å². The Morgan fingerprint density at radius 2 is 2.33 bits per heavy atom. The van der Waals surface area contributed by atoms with Crippen molar-refractivity contribution in [2.45, 2.75) is 30.8 Å². The highest BCUT2D eigenvalue weighted by Gasteiger charge is 2.23. The Bertz CT molecular complexity index is 478. The monoisotopic (exact) mass is 306 g/mol. The molecule has 1 fully saturated rings. The minimum Gasteiger partial charge on any atom is -0.312 e. The summed E-state index contributed by atoms with van der Waals surface area (Å²) in [6, 6.07) is 1.86. The van der Waals surface area contributed by atoms with Gasteiger partial charge in [-0.1, -0.05) is 6.92 Å². The third kappa shape index (κ3) is 3.71. The third-order valence-electron chi connectivity index (χ3n) is 2.74. The van der Waals surface area contributed by atoms with Gasteiger partial charge in [-0.3, -0.25) is 0 Å². The van der Waals surface area contributed by atoms with E-state index in [1.165, 1.54) is 11.3 Å². The molecule has 0 amide bonds. The number of thiophene rings is 1. The largest absolute Gasteiger partial charge is 0.312 e. The highest BCUT2D eigenvalue weighted by Crippen LogP contribution is 2.22. The van der Waals surface area contributed by atoms with E-state index in [9.17, 15) is 8.42 Å². The number of sulfonamides is 1. The zero-order valence-corrected chi connectivity index (χ0v) is 12.8. The fraction of sp³-hybridized carbons (Fsp3) is 0.636. The molecule has 2 rings (SSSR count).